The third-order valence-electron chi connectivity index (χ3n) is 3.26. The Morgan fingerprint density at radius 1 is 1.53 bits per heavy atom. The van der Waals surface area contributed by atoms with Crippen LogP contribution in [0.4, 0.5) is 11.5 Å². The van der Waals surface area contributed by atoms with Gasteiger partial charge in [0.05, 0.1) is 0 Å². The summed E-state index contributed by atoms with van der Waals surface area (Å²) in [6, 6.07) is 2.51. The molecule has 0 bridgehead atoms. The van der Waals surface area contributed by atoms with Crippen LogP contribution >= 0.6 is 0 Å². The topological polar surface area (TPSA) is 54.2 Å². The minimum atomic E-state index is 0.618. The molecule has 1 atom stereocenters. The van der Waals surface area contributed by atoms with Gasteiger partial charge in [-0.15, -0.1) is 0 Å². The van der Waals surface area contributed by atoms with E-state index in [1.165, 1.54) is 6.42 Å². The molecule has 0 amide bonds. The number of hydrogen-bond donors (Lipinski definition) is 2. The van der Waals surface area contributed by atoms with Crippen LogP contribution in [0.1, 0.15) is 25.8 Å². The number of likely N-dealkylation sites (N-methyl/N-ethyl adjacent to an activating group) is 1. The highest BCUT2D eigenvalue weighted by Gasteiger charge is 2.05. The van der Waals surface area contributed by atoms with Crippen LogP contribution in [-0.4, -0.2) is 36.1 Å². The molecule has 4 nitrogen and oxygen atoms in total. The first-order chi connectivity index (χ1) is 8.04. The fraction of sp³-hybridized carbons (Fsp3) is 0.615. The Bertz CT molecular complexity index is 351. The number of hydrogen-bond acceptors (Lipinski definition) is 4. The fourth-order valence-electron chi connectivity index (χ4n) is 1.53. The van der Waals surface area contributed by atoms with Crippen LogP contribution in [-0.2, 0) is 0 Å². The third kappa shape index (κ3) is 4.23. The Morgan fingerprint density at radius 2 is 2.24 bits per heavy atom. The SMILES string of the molecule is CCC(C)N(C)CCNc1cc(N)c(C)cn1. The highest BCUT2D eigenvalue weighted by atomic mass is 15.1. The van der Waals surface area contributed by atoms with E-state index in [0.29, 0.717) is 6.04 Å². The number of anilines is 2. The van der Waals surface area contributed by atoms with Crippen LogP contribution < -0.4 is 11.1 Å². The zero-order valence-corrected chi connectivity index (χ0v) is 11.3. The quantitative estimate of drug-likeness (QED) is 0.794. The molecule has 0 aliphatic carbocycles. The average molecular weight is 236 g/mol. The van der Waals surface area contributed by atoms with Crippen molar-refractivity contribution in [3.05, 3.63) is 17.8 Å². The van der Waals surface area contributed by atoms with E-state index in [2.05, 4.69) is 36.1 Å². The zero-order valence-electron chi connectivity index (χ0n) is 11.3. The van der Waals surface area contributed by atoms with Crippen molar-refractivity contribution >= 4 is 11.5 Å². The molecule has 0 saturated carbocycles. The molecular weight excluding hydrogens is 212 g/mol. The van der Waals surface area contributed by atoms with Crippen molar-refractivity contribution in [1.82, 2.24) is 9.88 Å². The number of nitrogens with one attached hydrogen (secondary N) is 1. The Morgan fingerprint density at radius 3 is 2.82 bits per heavy atom. The summed E-state index contributed by atoms with van der Waals surface area (Å²) in [5.41, 5.74) is 7.64. The van der Waals surface area contributed by atoms with Crippen molar-refractivity contribution in [3.63, 3.8) is 0 Å². The molecular formula is C13H24N4. The van der Waals surface area contributed by atoms with Gasteiger partial charge < -0.3 is 16.0 Å². The number of pyridine rings is 1. The molecule has 1 unspecified atom stereocenters. The molecule has 1 aromatic rings. The number of nitrogen functional groups attached to an aromatic ring is 1. The van der Waals surface area contributed by atoms with Crippen LogP contribution in [0, 0.1) is 6.92 Å². The van der Waals surface area contributed by atoms with E-state index in [4.69, 9.17) is 5.73 Å². The standard InChI is InChI=1S/C13H24N4/c1-5-11(3)17(4)7-6-15-13-8-12(14)10(2)9-16-13/h8-9,11H,5-7H2,1-4H3,(H3,14,15,16). The minimum absolute atomic E-state index is 0.618. The molecule has 96 valence electrons. The van der Waals surface area contributed by atoms with E-state index in [1.807, 2.05) is 13.0 Å². The number of nitrogens with two attached hydrogens (primary N) is 1. The van der Waals surface area contributed by atoms with E-state index >= 15 is 0 Å². The van der Waals surface area contributed by atoms with Gasteiger partial charge in [0.2, 0.25) is 0 Å². The first-order valence-corrected chi connectivity index (χ1v) is 6.20. The number of aromatic nitrogens is 1. The van der Waals surface area contributed by atoms with Gasteiger partial charge in [0.1, 0.15) is 5.82 Å². The second-order valence-electron chi connectivity index (χ2n) is 4.59. The van der Waals surface area contributed by atoms with Gasteiger partial charge in [-0.2, -0.15) is 0 Å². The summed E-state index contributed by atoms with van der Waals surface area (Å²) >= 11 is 0. The predicted octanol–water partition coefficient (Wildman–Crippen LogP) is 2.11. The second-order valence-corrected chi connectivity index (χ2v) is 4.59. The first kappa shape index (κ1) is 13.8. The van der Waals surface area contributed by atoms with Gasteiger partial charge in [0.15, 0.2) is 0 Å². The average Bonchev–Trinajstić information content (AvgIpc) is 2.32. The van der Waals surface area contributed by atoms with Crippen molar-refractivity contribution in [2.24, 2.45) is 0 Å². The summed E-state index contributed by atoms with van der Waals surface area (Å²) in [4.78, 5) is 6.63. The van der Waals surface area contributed by atoms with Crippen LogP contribution in [0.25, 0.3) is 0 Å². The van der Waals surface area contributed by atoms with Crippen LogP contribution in [0.3, 0.4) is 0 Å². The van der Waals surface area contributed by atoms with Gasteiger partial charge in [0.25, 0.3) is 0 Å². The highest BCUT2D eigenvalue weighted by molar-refractivity contribution is 5.53. The molecule has 3 N–H and O–H groups in total. The predicted molar refractivity (Wildman–Crippen MR) is 74.3 cm³/mol. The molecule has 0 radical (unpaired) electrons. The lowest BCUT2D eigenvalue weighted by Crippen LogP contribution is -2.32. The Balaban J connectivity index is 2.38. The lowest BCUT2D eigenvalue weighted by molar-refractivity contribution is 0.261. The molecule has 0 aliphatic heterocycles. The van der Waals surface area contributed by atoms with Crippen molar-refractivity contribution in [3.8, 4) is 0 Å². The maximum absolute atomic E-state index is 5.83. The van der Waals surface area contributed by atoms with Crippen LogP contribution in [0.5, 0.6) is 0 Å². The van der Waals surface area contributed by atoms with E-state index < -0.39 is 0 Å². The molecule has 4 heteroatoms. The summed E-state index contributed by atoms with van der Waals surface area (Å²) < 4.78 is 0. The maximum Gasteiger partial charge on any atom is 0.128 e. The van der Waals surface area contributed by atoms with Crippen molar-refractivity contribution in [2.75, 3.05) is 31.2 Å². The van der Waals surface area contributed by atoms with Gasteiger partial charge in [-0.05, 0) is 32.9 Å². The number of nitrogens with zero attached hydrogens (tertiary/aromatic N) is 2. The van der Waals surface area contributed by atoms with Crippen molar-refractivity contribution in [1.29, 1.82) is 0 Å². The van der Waals surface area contributed by atoms with Crippen LogP contribution in [0.15, 0.2) is 12.3 Å². The monoisotopic (exact) mass is 236 g/mol. The summed E-state index contributed by atoms with van der Waals surface area (Å²) in [5, 5.41) is 3.29. The van der Waals surface area contributed by atoms with E-state index in [0.717, 1.165) is 30.2 Å². The summed E-state index contributed by atoms with van der Waals surface area (Å²) in [7, 11) is 2.15. The van der Waals surface area contributed by atoms with E-state index in [-0.39, 0.29) is 0 Å². The molecule has 1 heterocycles. The zero-order chi connectivity index (χ0) is 12.8. The van der Waals surface area contributed by atoms with Crippen molar-refractivity contribution < 1.29 is 0 Å². The summed E-state index contributed by atoms with van der Waals surface area (Å²) in [6.07, 6.45) is 2.97. The number of aryl methyl sites for hydroxylation is 1. The van der Waals surface area contributed by atoms with Gasteiger partial charge in [-0.1, -0.05) is 6.92 Å². The van der Waals surface area contributed by atoms with E-state index in [1.54, 1.807) is 6.20 Å². The molecule has 17 heavy (non-hydrogen) atoms. The smallest absolute Gasteiger partial charge is 0.128 e. The molecule has 0 aromatic carbocycles. The lowest BCUT2D eigenvalue weighted by atomic mass is 10.2. The second kappa shape index (κ2) is 6.45. The minimum Gasteiger partial charge on any atom is -0.398 e. The first-order valence-electron chi connectivity index (χ1n) is 6.20. The fourth-order valence-corrected chi connectivity index (χ4v) is 1.53. The van der Waals surface area contributed by atoms with Gasteiger partial charge in [0, 0.05) is 37.1 Å². The molecule has 1 aromatic heterocycles. The molecule has 0 aliphatic rings. The normalized spacial score (nSPS) is 12.8. The Labute approximate surface area is 104 Å². The Hall–Kier alpha value is -1.29. The maximum atomic E-state index is 5.83. The lowest BCUT2D eigenvalue weighted by Gasteiger charge is -2.23. The summed E-state index contributed by atoms with van der Waals surface area (Å²) in [5.74, 6) is 0.852. The highest BCUT2D eigenvalue weighted by Crippen LogP contribution is 2.13. The van der Waals surface area contributed by atoms with Gasteiger partial charge in [-0.25, -0.2) is 4.98 Å². The van der Waals surface area contributed by atoms with Crippen molar-refractivity contribution in [2.45, 2.75) is 33.2 Å². The van der Waals surface area contributed by atoms with Gasteiger partial charge >= 0.3 is 0 Å². The molecule has 0 saturated heterocycles. The Kier molecular flexibility index (Phi) is 5.22. The molecule has 1 rings (SSSR count). The van der Waals surface area contributed by atoms with Gasteiger partial charge in [-0.3, -0.25) is 0 Å². The third-order valence-corrected chi connectivity index (χ3v) is 3.26. The summed E-state index contributed by atoms with van der Waals surface area (Å²) in [6.45, 7) is 8.29. The largest absolute Gasteiger partial charge is 0.398 e. The number of rotatable bonds is 6. The van der Waals surface area contributed by atoms with Crippen LogP contribution in [0.2, 0.25) is 0 Å². The van der Waals surface area contributed by atoms with E-state index in [9.17, 15) is 0 Å². The molecule has 0 fully saturated rings. The molecule has 0 spiro atoms.